The topological polar surface area (TPSA) is 64.4 Å². The van der Waals surface area contributed by atoms with Crippen molar-refractivity contribution < 1.29 is 14.3 Å². The molecule has 0 atom stereocenters. The number of aromatic nitrogens is 2. The molecule has 6 nitrogen and oxygen atoms in total. The minimum Gasteiger partial charge on any atom is -0.497 e. The number of aryl methyl sites for hydroxylation is 2. The number of likely N-dealkylation sites (tertiary alicyclic amines) is 1. The number of nitrogens with zero attached hydrogens (tertiary/aromatic N) is 3. The number of methoxy groups -OCH3 is 1. The lowest BCUT2D eigenvalue weighted by Gasteiger charge is -2.31. The molecule has 4 rings (SSSR count). The first-order valence-corrected chi connectivity index (χ1v) is 10.2. The zero-order valence-electron chi connectivity index (χ0n) is 16.3. The van der Waals surface area contributed by atoms with Gasteiger partial charge in [-0.1, -0.05) is 0 Å². The molecule has 0 unspecified atom stereocenters. The van der Waals surface area contributed by atoms with Gasteiger partial charge in [0.15, 0.2) is 5.78 Å². The van der Waals surface area contributed by atoms with E-state index in [0.29, 0.717) is 31.5 Å². The molecule has 0 aliphatic carbocycles. The number of carbonyl (C=O) groups is 2. The number of hydrogen-bond donors (Lipinski definition) is 0. The van der Waals surface area contributed by atoms with Crippen LogP contribution in [-0.2, 0) is 7.05 Å². The molecule has 0 radical (unpaired) electrons. The molecule has 1 aromatic carbocycles. The van der Waals surface area contributed by atoms with E-state index in [9.17, 15) is 9.59 Å². The molecule has 0 saturated carbocycles. The lowest BCUT2D eigenvalue weighted by Crippen LogP contribution is -2.40. The number of thiophene rings is 1. The molecule has 1 aliphatic heterocycles. The van der Waals surface area contributed by atoms with Crippen molar-refractivity contribution in [1.29, 1.82) is 0 Å². The third kappa shape index (κ3) is 3.30. The van der Waals surface area contributed by atoms with Crippen LogP contribution in [0.25, 0.3) is 10.2 Å². The maximum atomic E-state index is 12.9. The fourth-order valence-corrected chi connectivity index (χ4v) is 4.89. The largest absolute Gasteiger partial charge is 0.497 e. The summed E-state index contributed by atoms with van der Waals surface area (Å²) in [5, 5.41) is 5.43. The number of piperidine rings is 1. The van der Waals surface area contributed by atoms with Crippen LogP contribution < -0.4 is 4.74 Å². The van der Waals surface area contributed by atoms with Crippen LogP contribution in [0.2, 0.25) is 0 Å². The third-order valence-corrected chi connectivity index (χ3v) is 6.62. The molecule has 0 bridgehead atoms. The summed E-state index contributed by atoms with van der Waals surface area (Å²) in [5.74, 6) is 0.909. The van der Waals surface area contributed by atoms with E-state index in [-0.39, 0.29) is 17.6 Å². The second kappa shape index (κ2) is 7.39. The Morgan fingerprint density at radius 3 is 2.46 bits per heavy atom. The van der Waals surface area contributed by atoms with Gasteiger partial charge in [-0.25, -0.2) is 0 Å². The molecule has 0 N–H and O–H groups in total. The van der Waals surface area contributed by atoms with Gasteiger partial charge in [0.2, 0.25) is 0 Å². The normalized spacial score (nSPS) is 15.2. The van der Waals surface area contributed by atoms with E-state index in [1.54, 1.807) is 7.11 Å². The number of hydrogen-bond acceptors (Lipinski definition) is 5. The lowest BCUT2D eigenvalue weighted by atomic mass is 9.89. The molecular weight excluding hydrogens is 374 g/mol. The second-order valence-corrected chi connectivity index (χ2v) is 8.23. The number of ketones is 1. The summed E-state index contributed by atoms with van der Waals surface area (Å²) in [6.07, 6.45) is 1.39. The van der Waals surface area contributed by atoms with E-state index < -0.39 is 0 Å². The van der Waals surface area contributed by atoms with Gasteiger partial charge >= 0.3 is 0 Å². The average Bonchev–Trinajstić information content (AvgIpc) is 3.28. The van der Waals surface area contributed by atoms with Crippen LogP contribution >= 0.6 is 11.3 Å². The van der Waals surface area contributed by atoms with Gasteiger partial charge in [0.1, 0.15) is 10.6 Å². The van der Waals surface area contributed by atoms with E-state index in [1.165, 1.54) is 11.3 Å². The molecule has 1 amide bonds. The minimum atomic E-state index is -0.0358. The van der Waals surface area contributed by atoms with Crippen molar-refractivity contribution in [3.8, 4) is 5.75 Å². The lowest BCUT2D eigenvalue weighted by molar-refractivity contribution is 0.0654. The van der Waals surface area contributed by atoms with Crippen LogP contribution in [0.15, 0.2) is 30.3 Å². The summed E-state index contributed by atoms with van der Waals surface area (Å²) in [4.78, 5) is 29.3. The minimum absolute atomic E-state index is 0.0358. The van der Waals surface area contributed by atoms with Gasteiger partial charge in [0, 0.05) is 37.0 Å². The van der Waals surface area contributed by atoms with Gasteiger partial charge < -0.3 is 9.64 Å². The summed E-state index contributed by atoms with van der Waals surface area (Å²) < 4.78 is 6.97. The van der Waals surface area contributed by atoms with Gasteiger partial charge in [-0.3, -0.25) is 14.3 Å². The fraction of sp³-hybridized carbons (Fsp3) is 0.381. The molecule has 1 fully saturated rings. The highest BCUT2D eigenvalue weighted by atomic mass is 32.1. The van der Waals surface area contributed by atoms with Crippen LogP contribution in [0, 0.1) is 12.8 Å². The molecule has 28 heavy (non-hydrogen) atoms. The van der Waals surface area contributed by atoms with Crippen LogP contribution in [0.3, 0.4) is 0 Å². The van der Waals surface area contributed by atoms with Crippen LogP contribution in [0.1, 0.15) is 38.6 Å². The maximum Gasteiger partial charge on any atom is 0.264 e. The quantitative estimate of drug-likeness (QED) is 0.630. The highest BCUT2D eigenvalue weighted by Crippen LogP contribution is 2.30. The number of rotatable bonds is 4. The number of carbonyl (C=O) groups excluding carboxylic acids is 2. The molecule has 1 saturated heterocycles. The van der Waals surface area contributed by atoms with Crippen molar-refractivity contribution >= 4 is 33.2 Å². The number of amides is 1. The zero-order chi connectivity index (χ0) is 19.8. The van der Waals surface area contributed by atoms with E-state index >= 15 is 0 Å². The molecule has 2 aromatic heterocycles. The second-order valence-electron chi connectivity index (χ2n) is 7.20. The number of Topliss-reactive ketones (excluding diaryl/α,β-unsaturated/α-hetero) is 1. The molecular formula is C21H23N3O3S. The summed E-state index contributed by atoms with van der Waals surface area (Å²) >= 11 is 1.48. The van der Waals surface area contributed by atoms with Gasteiger partial charge in [0.25, 0.3) is 5.91 Å². The Bertz CT molecular complexity index is 993. The van der Waals surface area contributed by atoms with Crippen molar-refractivity contribution in [1.82, 2.24) is 14.7 Å². The number of fused-ring (bicyclic) bond motifs is 1. The van der Waals surface area contributed by atoms with E-state index in [4.69, 9.17) is 4.74 Å². The van der Waals surface area contributed by atoms with Gasteiger partial charge in [-0.05, 0) is 50.1 Å². The highest BCUT2D eigenvalue weighted by molar-refractivity contribution is 7.20. The van der Waals surface area contributed by atoms with Crippen molar-refractivity contribution in [2.75, 3.05) is 20.2 Å². The van der Waals surface area contributed by atoms with Crippen LogP contribution in [-0.4, -0.2) is 46.6 Å². The molecule has 0 spiro atoms. The Balaban J connectivity index is 1.41. The van der Waals surface area contributed by atoms with Crippen molar-refractivity contribution in [3.63, 3.8) is 0 Å². The first-order chi connectivity index (χ1) is 13.5. The number of benzene rings is 1. The van der Waals surface area contributed by atoms with Crippen molar-refractivity contribution in [2.45, 2.75) is 19.8 Å². The Kier molecular flexibility index (Phi) is 4.93. The number of ether oxygens (including phenoxy) is 1. The van der Waals surface area contributed by atoms with E-state index in [0.717, 1.165) is 26.5 Å². The Morgan fingerprint density at radius 2 is 1.86 bits per heavy atom. The van der Waals surface area contributed by atoms with Crippen LogP contribution in [0.5, 0.6) is 5.75 Å². The summed E-state index contributed by atoms with van der Waals surface area (Å²) in [7, 11) is 3.51. The van der Waals surface area contributed by atoms with E-state index in [1.807, 2.05) is 53.9 Å². The summed E-state index contributed by atoms with van der Waals surface area (Å²) in [6, 6.07) is 9.19. The molecule has 3 heterocycles. The maximum absolute atomic E-state index is 12.9. The molecule has 146 valence electrons. The predicted molar refractivity (Wildman–Crippen MR) is 109 cm³/mol. The Labute approximate surface area is 167 Å². The standard InChI is InChI=1S/C21H23N3O3S/c1-13-17-12-18(28-21(17)23(2)22-13)20(26)24-10-8-15(9-11-24)19(25)14-4-6-16(27-3)7-5-14/h4-7,12,15H,8-11H2,1-3H3. The SMILES string of the molecule is COc1ccc(C(=O)C2CCN(C(=O)c3cc4c(C)nn(C)c4s3)CC2)cc1. The molecule has 1 aliphatic rings. The first-order valence-electron chi connectivity index (χ1n) is 9.38. The highest BCUT2D eigenvalue weighted by Gasteiger charge is 2.29. The average molecular weight is 398 g/mol. The third-order valence-electron chi connectivity index (χ3n) is 5.43. The molecule has 7 heteroatoms. The van der Waals surface area contributed by atoms with Gasteiger partial charge in [0.05, 0.1) is 17.7 Å². The first kappa shape index (κ1) is 18.7. The van der Waals surface area contributed by atoms with Crippen LogP contribution in [0.4, 0.5) is 0 Å². The van der Waals surface area contributed by atoms with Gasteiger partial charge in [-0.15, -0.1) is 11.3 Å². The predicted octanol–water partition coefficient (Wildman–Crippen LogP) is 3.69. The summed E-state index contributed by atoms with van der Waals surface area (Å²) in [6.45, 7) is 3.17. The fourth-order valence-electron chi connectivity index (χ4n) is 3.80. The van der Waals surface area contributed by atoms with Crippen molar-refractivity contribution in [3.05, 3.63) is 46.5 Å². The summed E-state index contributed by atoms with van der Waals surface area (Å²) in [5.41, 5.74) is 1.65. The Hall–Kier alpha value is -2.67. The zero-order valence-corrected chi connectivity index (χ0v) is 17.1. The monoisotopic (exact) mass is 397 g/mol. The molecule has 3 aromatic rings. The van der Waals surface area contributed by atoms with Gasteiger partial charge in [-0.2, -0.15) is 5.10 Å². The van der Waals surface area contributed by atoms with E-state index in [2.05, 4.69) is 5.10 Å². The smallest absolute Gasteiger partial charge is 0.264 e. The Morgan fingerprint density at radius 1 is 1.18 bits per heavy atom. The van der Waals surface area contributed by atoms with Crippen molar-refractivity contribution in [2.24, 2.45) is 13.0 Å².